The van der Waals surface area contributed by atoms with Crippen LogP contribution in [-0.2, 0) is 11.3 Å². The molecule has 0 atom stereocenters. The van der Waals surface area contributed by atoms with E-state index in [0.717, 1.165) is 12.8 Å². The van der Waals surface area contributed by atoms with Gasteiger partial charge in [0.2, 0.25) is 5.91 Å². The summed E-state index contributed by atoms with van der Waals surface area (Å²) in [5.41, 5.74) is 2.00. The molecule has 0 aromatic carbocycles. The van der Waals surface area contributed by atoms with Crippen molar-refractivity contribution in [3.63, 3.8) is 0 Å². The lowest BCUT2D eigenvalue weighted by molar-refractivity contribution is -0.117. The lowest BCUT2D eigenvalue weighted by Crippen LogP contribution is -2.24. The largest absolute Gasteiger partial charge is 0.348 e. The maximum atomic E-state index is 13.6. The van der Waals surface area contributed by atoms with Crippen LogP contribution in [0.3, 0.4) is 0 Å². The molecule has 2 aromatic rings. The normalized spacial score (nSPS) is 13.4. The Hall–Kier alpha value is -2.83. The lowest BCUT2D eigenvalue weighted by atomic mass is 10.1. The average Bonchev–Trinajstić information content (AvgIpc) is 3.42. The minimum absolute atomic E-state index is 0.0613. The van der Waals surface area contributed by atoms with Crippen molar-refractivity contribution in [1.29, 1.82) is 0 Å². The van der Waals surface area contributed by atoms with Crippen LogP contribution in [0.5, 0.6) is 0 Å². The molecule has 0 radical (unpaired) electrons. The van der Waals surface area contributed by atoms with Crippen LogP contribution in [0.15, 0.2) is 24.4 Å². The first-order valence-corrected chi connectivity index (χ1v) is 8.12. The van der Waals surface area contributed by atoms with Crippen LogP contribution in [0.25, 0.3) is 0 Å². The molecule has 1 aliphatic rings. The van der Waals surface area contributed by atoms with Crippen molar-refractivity contribution < 1.29 is 14.0 Å². The van der Waals surface area contributed by atoms with Crippen LogP contribution in [0.2, 0.25) is 0 Å². The smallest absolute Gasteiger partial charge is 0.251 e. The number of hydrogen-bond acceptors (Lipinski definition) is 4. The fraction of sp³-hybridized carbons (Fsp3) is 0.333. The second-order valence-electron chi connectivity index (χ2n) is 6.18. The van der Waals surface area contributed by atoms with Gasteiger partial charge in [-0.3, -0.25) is 14.6 Å². The Morgan fingerprint density at radius 2 is 2.00 bits per heavy atom. The van der Waals surface area contributed by atoms with Gasteiger partial charge in [0.15, 0.2) is 0 Å². The number of amides is 2. The summed E-state index contributed by atoms with van der Waals surface area (Å²) in [4.78, 5) is 32.2. The van der Waals surface area contributed by atoms with E-state index in [9.17, 15) is 14.0 Å². The summed E-state index contributed by atoms with van der Waals surface area (Å²) in [7, 11) is 0. The second-order valence-corrected chi connectivity index (χ2v) is 6.18. The molecule has 0 saturated heterocycles. The summed E-state index contributed by atoms with van der Waals surface area (Å²) in [5.74, 6) is -0.384. The Kier molecular flexibility index (Phi) is 4.74. The molecule has 2 aromatic heterocycles. The standard InChI is InChI=1S/C18H19FN4O2/c1-10-14(7-15(19)11(2)22-10)9-21-17(24)13-5-6-20-16(8-13)23-18(25)12-3-4-12/h5-8,12H,3-4,9H2,1-2H3,(H,21,24)(H,20,23,25). The predicted molar refractivity (Wildman–Crippen MR) is 90.4 cm³/mol. The molecule has 2 N–H and O–H groups in total. The van der Waals surface area contributed by atoms with Crippen LogP contribution in [0, 0.1) is 25.6 Å². The van der Waals surface area contributed by atoms with Crippen molar-refractivity contribution in [3.8, 4) is 0 Å². The number of carbonyl (C=O) groups is 2. The summed E-state index contributed by atoms with van der Waals surface area (Å²) in [6.07, 6.45) is 3.26. The first-order valence-electron chi connectivity index (χ1n) is 8.12. The highest BCUT2D eigenvalue weighted by atomic mass is 19.1. The molecule has 0 aliphatic heterocycles. The summed E-state index contributed by atoms with van der Waals surface area (Å²) < 4.78 is 13.6. The van der Waals surface area contributed by atoms with Gasteiger partial charge in [0.25, 0.3) is 5.91 Å². The van der Waals surface area contributed by atoms with Crippen LogP contribution in [0.1, 0.15) is 40.2 Å². The third kappa shape index (κ3) is 4.17. The molecular weight excluding hydrogens is 323 g/mol. The quantitative estimate of drug-likeness (QED) is 0.874. The van der Waals surface area contributed by atoms with E-state index in [2.05, 4.69) is 20.6 Å². The van der Waals surface area contributed by atoms with E-state index < -0.39 is 5.82 Å². The van der Waals surface area contributed by atoms with E-state index in [4.69, 9.17) is 0 Å². The van der Waals surface area contributed by atoms with Gasteiger partial charge in [-0.05, 0) is 50.5 Å². The van der Waals surface area contributed by atoms with Crippen molar-refractivity contribution in [3.05, 3.63) is 52.7 Å². The SMILES string of the molecule is Cc1nc(C)c(CNC(=O)c2ccnc(NC(=O)C3CC3)c2)cc1F. The van der Waals surface area contributed by atoms with Crippen LogP contribution in [-0.4, -0.2) is 21.8 Å². The molecule has 1 fully saturated rings. The molecule has 2 amide bonds. The first kappa shape index (κ1) is 17.0. The van der Waals surface area contributed by atoms with Crippen molar-refractivity contribution in [2.45, 2.75) is 33.2 Å². The van der Waals surface area contributed by atoms with Gasteiger partial charge in [0, 0.05) is 29.9 Å². The number of aromatic nitrogens is 2. The first-order chi connectivity index (χ1) is 11.9. The Balaban J connectivity index is 1.65. The molecule has 0 bridgehead atoms. The van der Waals surface area contributed by atoms with E-state index >= 15 is 0 Å². The molecule has 7 heteroatoms. The number of carbonyl (C=O) groups excluding carboxylic acids is 2. The van der Waals surface area contributed by atoms with Gasteiger partial charge >= 0.3 is 0 Å². The van der Waals surface area contributed by atoms with Gasteiger partial charge in [0.1, 0.15) is 11.6 Å². The van der Waals surface area contributed by atoms with Gasteiger partial charge in [-0.25, -0.2) is 9.37 Å². The number of aryl methyl sites for hydroxylation is 2. The minimum Gasteiger partial charge on any atom is -0.348 e. The van der Waals surface area contributed by atoms with Gasteiger partial charge in [-0.15, -0.1) is 0 Å². The molecule has 6 nitrogen and oxygen atoms in total. The molecule has 25 heavy (non-hydrogen) atoms. The predicted octanol–water partition coefficient (Wildman–Crippen LogP) is 2.51. The third-order valence-corrected chi connectivity index (χ3v) is 4.11. The van der Waals surface area contributed by atoms with Gasteiger partial charge in [-0.1, -0.05) is 0 Å². The Morgan fingerprint density at radius 1 is 1.24 bits per heavy atom. The second kappa shape index (κ2) is 6.96. The maximum Gasteiger partial charge on any atom is 0.251 e. The maximum absolute atomic E-state index is 13.6. The Bertz CT molecular complexity index is 834. The van der Waals surface area contributed by atoms with Gasteiger partial charge in [0.05, 0.1) is 5.69 Å². The van der Waals surface area contributed by atoms with Crippen molar-refractivity contribution >= 4 is 17.6 Å². The van der Waals surface area contributed by atoms with E-state index in [0.29, 0.717) is 28.3 Å². The van der Waals surface area contributed by atoms with Gasteiger partial charge < -0.3 is 10.6 Å². The molecule has 3 rings (SSSR count). The molecule has 1 saturated carbocycles. The van der Waals surface area contributed by atoms with E-state index in [1.54, 1.807) is 19.9 Å². The average molecular weight is 342 g/mol. The number of anilines is 1. The Morgan fingerprint density at radius 3 is 2.72 bits per heavy atom. The number of rotatable bonds is 5. The van der Waals surface area contributed by atoms with E-state index in [1.165, 1.54) is 18.3 Å². The Labute approximate surface area is 144 Å². The summed E-state index contributed by atoms with van der Waals surface area (Å²) in [6.45, 7) is 3.53. The van der Waals surface area contributed by atoms with E-state index in [-0.39, 0.29) is 24.3 Å². The third-order valence-electron chi connectivity index (χ3n) is 4.11. The fourth-order valence-electron chi connectivity index (χ4n) is 2.41. The number of nitrogens with one attached hydrogen (secondary N) is 2. The summed E-state index contributed by atoms with van der Waals surface area (Å²) >= 11 is 0. The lowest BCUT2D eigenvalue weighted by Gasteiger charge is -2.10. The number of pyridine rings is 2. The van der Waals surface area contributed by atoms with Crippen molar-refractivity contribution in [2.24, 2.45) is 5.92 Å². The molecule has 1 aliphatic carbocycles. The minimum atomic E-state index is -0.399. The highest BCUT2D eigenvalue weighted by Gasteiger charge is 2.29. The zero-order valence-corrected chi connectivity index (χ0v) is 14.1. The molecule has 0 spiro atoms. The van der Waals surface area contributed by atoms with Gasteiger partial charge in [-0.2, -0.15) is 0 Å². The molecule has 130 valence electrons. The van der Waals surface area contributed by atoms with Crippen LogP contribution < -0.4 is 10.6 Å². The topological polar surface area (TPSA) is 84.0 Å². The van der Waals surface area contributed by atoms with Crippen LogP contribution >= 0.6 is 0 Å². The van der Waals surface area contributed by atoms with Crippen molar-refractivity contribution in [2.75, 3.05) is 5.32 Å². The monoisotopic (exact) mass is 342 g/mol. The highest BCUT2D eigenvalue weighted by molar-refractivity contribution is 5.97. The molecular formula is C18H19FN4O2. The van der Waals surface area contributed by atoms with Crippen LogP contribution in [0.4, 0.5) is 10.2 Å². The molecule has 2 heterocycles. The summed E-state index contributed by atoms with van der Waals surface area (Å²) in [5, 5.41) is 5.44. The zero-order chi connectivity index (χ0) is 18.0. The number of nitrogens with zero attached hydrogens (tertiary/aromatic N) is 2. The number of hydrogen-bond donors (Lipinski definition) is 2. The number of halogens is 1. The fourth-order valence-corrected chi connectivity index (χ4v) is 2.41. The zero-order valence-electron chi connectivity index (χ0n) is 14.1. The summed E-state index contributed by atoms with van der Waals surface area (Å²) in [6, 6.07) is 4.46. The van der Waals surface area contributed by atoms with E-state index in [1.807, 2.05) is 0 Å². The van der Waals surface area contributed by atoms with Crippen molar-refractivity contribution in [1.82, 2.24) is 15.3 Å². The highest BCUT2D eigenvalue weighted by Crippen LogP contribution is 2.29. The molecule has 0 unspecified atom stereocenters.